The molecule has 1 aliphatic rings. The fourth-order valence-electron chi connectivity index (χ4n) is 2.72. The minimum absolute atomic E-state index is 0.0130. The highest BCUT2D eigenvalue weighted by atomic mass is 35.5. The van der Waals surface area contributed by atoms with E-state index >= 15 is 0 Å². The first-order valence-corrected chi connectivity index (χ1v) is 7.50. The molecule has 1 saturated heterocycles. The molecule has 0 saturated carbocycles. The average molecular weight is 315 g/mol. The van der Waals surface area contributed by atoms with Gasteiger partial charge in [0.2, 0.25) is 5.91 Å². The van der Waals surface area contributed by atoms with Crippen molar-refractivity contribution in [3.05, 3.63) is 29.0 Å². The Morgan fingerprint density at radius 2 is 2.38 bits per heavy atom. The molecule has 1 heterocycles. The van der Waals surface area contributed by atoms with Gasteiger partial charge in [-0.2, -0.15) is 0 Å². The smallest absolute Gasteiger partial charge is 0.238 e. The molecule has 2 rings (SSSR count). The maximum atomic E-state index is 13.1. The van der Waals surface area contributed by atoms with E-state index < -0.39 is 5.82 Å². The molecule has 1 aromatic carbocycles. The standard InChI is InChI=1S/C15H20ClFN2O2/c1-10(20)7-12-3-2-6-19(12)9-15(21)18-11-4-5-14(17)13(16)8-11/h4-5,8,10,12,20H,2-3,6-7,9H2,1H3,(H,18,21). The molecule has 4 nitrogen and oxygen atoms in total. The molecule has 2 N–H and O–H groups in total. The predicted octanol–water partition coefficient (Wildman–Crippen LogP) is 2.65. The second-order valence-corrected chi connectivity index (χ2v) is 5.94. The summed E-state index contributed by atoms with van der Waals surface area (Å²) >= 11 is 5.68. The first kappa shape index (κ1) is 16.2. The van der Waals surface area contributed by atoms with Crippen LogP contribution in [-0.2, 0) is 4.79 Å². The van der Waals surface area contributed by atoms with Crippen LogP contribution in [0.5, 0.6) is 0 Å². The van der Waals surface area contributed by atoms with Crippen molar-refractivity contribution in [2.75, 3.05) is 18.4 Å². The second-order valence-electron chi connectivity index (χ2n) is 5.53. The Bertz CT molecular complexity index is 510. The monoisotopic (exact) mass is 314 g/mol. The number of carbonyl (C=O) groups excluding carboxylic acids is 1. The SMILES string of the molecule is CC(O)CC1CCCN1CC(=O)Nc1ccc(F)c(Cl)c1. The topological polar surface area (TPSA) is 52.6 Å². The van der Waals surface area contributed by atoms with Crippen LogP contribution in [-0.4, -0.2) is 41.1 Å². The molecule has 2 unspecified atom stereocenters. The van der Waals surface area contributed by atoms with Gasteiger partial charge in [-0.05, 0) is 50.9 Å². The van der Waals surface area contributed by atoms with Crippen molar-refractivity contribution >= 4 is 23.2 Å². The van der Waals surface area contributed by atoms with Crippen LogP contribution in [0.4, 0.5) is 10.1 Å². The van der Waals surface area contributed by atoms with E-state index in [1.165, 1.54) is 18.2 Å². The molecule has 1 aliphatic heterocycles. The molecule has 0 aliphatic carbocycles. The average Bonchev–Trinajstić information content (AvgIpc) is 2.80. The fourth-order valence-corrected chi connectivity index (χ4v) is 2.90. The number of hydrogen-bond acceptors (Lipinski definition) is 3. The van der Waals surface area contributed by atoms with Crippen molar-refractivity contribution in [2.24, 2.45) is 0 Å². The Kier molecular flexibility index (Phi) is 5.56. The first-order valence-electron chi connectivity index (χ1n) is 7.12. The summed E-state index contributed by atoms with van der Waals surface area (Å²) in [6, 6.07) is 4.35. The van der Waals surface area contributed by atoms with Crippen molar-refractivity contribution < 1.29 is 14.3 Å². The highest BCUT2D eigenvalue weighted by Gasteiger charge is 2.27. The Morgan fingerprint density at radius 3 is 3.05 bits per heavy atom. The summed E-state index contributed by atoms with van der Waals surface area (Å²) in [5.74, 6) is -0.665. The number of nitrogens with one attached hydrogen (secondary N) is 1. The number of aliphatic hydroxyl groups is 1. The number of likely N-dealkylation sites (tertiary alicyclic amines) is 1. The molecule has 0 radical (unpaired) electrons. The lowest BCUT2D eigenvalue weighted by Crippen LogP contribution is -2.38. The minimum Gasteiger partial charge on any atom is -0.393 e. The van der Waals surface area contributed by atoms with Crippen LogP contribution < -0.4 is 5.32 Å². The third-order valence-corrected chi connectivity index (χ3v) is 3.95. The van der Waals surface area contributed by atoms with E-state index in [1.54, 1.807) is 6.92 Å². The summed E-state index contributed by atoms with van der Waals surface area (Å²) in [4.78, 5) is 14.1. The van der Waals surface area contributed by atoms with Crippen molar-refractivity contribution in [3.63, 3.8) is 0 Å². The number of aliphatic hydroxyl groups excluding tert-OH is 1. The summed E-state index contributed by atoms with van der Waals surface area (Å²) < 4.78 is 13.1. The molecule has 1 amide bonds. The Hall–Kier alpha value is -1.17. The lowest BCUT2D eigenvalue weighted by atomic mass is 10.1. The van der Waals surface area contributed by atoms with Crippen LogP contribution in [0, 0.1) is 5.82 Å². The molecule has 116 valence electrons. The van der Waals surface area contributed by atoms with Gasteiger partial charge in [-0.25, -0.2) is 4.39 Å². The van der Waals surface area contributed by atoms with Gasteiger partial charge in [0.25, 0.3) is 0 Å². The van der Waals surface area contributed by atoms with Gasteiger partial charge >= 0.3 is 0 Å². The van der Waals surface area contributed by atoms with E-state index in [0.717, 1.165) is 19.4 Å². The fraction of sp³-hybridized carbons (Fsp3) is 0.533. The zero-order valence-corrected chi connectivity index (χ0v) is 12.7. The summed E-state index contributed by atoms with van der Waals surface area (Å²) in [6.07, 6.45) is 2.35. The van der Waals surface area contributed by atoms with Crippen molar-refractivity contribution in [3.8, 4) is 0 Å². The van der Waals surface area contributed by atoms with E-state index in [1.807, 2.05) is 0 Å². The van der Waals surface area contributed by atoms with Gasteiger partial charge < -0.3 is 10.4 Å². The molecule has 1 aromatic rings. The van der Waals surface area contributed by atoms with Crippen LogP contribution in [0.1, 0.15) is 26.2 Å². The largest absolute Gasteiger partial charge is 0.393 e. The third-order valence-electron chi connectivity index (χ3n) is 3.66. The minimum atomic E-state index is -0.508. The van der Waals surface area contributed by atoms with Crippen molar-refractivity contribution in [2.45, 2.75) is 38.3 Å². The molecular weight excluding hydrogens is 295 g/mol. The van der Waals surface area contributed by atoms with E-state index in [0.29, 0.717) is 12.1 Å². The number of halogens is 2. The van der Waals surface area contributed by atoms with Gasteiger partial charge in [-0.15, -0.1) is 0 Å². The van der Waals surface area contributed by atoms with Gasteiger partial charge in [0, 0.05) is 11.7 Å². The lowest BCUT2D eigenvalue weighted by molar-refractivity contribution is -0.117. The number of amides is 1. The molecule has 21 heavy (non-hydrogen) atoms. The van der Waals surface area contributed by atoms with Crippen LogP contribution in [0.3, 0.4) is 0 Å². The van der Waals surface area contributed by atoms with Crippen molar-refractivity contribution in [1.29, 1.82) is 0 Å². The van der Waals surface area contributed by atoms with Crippen LogP contribution in [0.25, 0.3) is 0 Å². The van der Waals surface area contributed by atoms with Crippen LogP contribution in [0.2, 0.25) is 5.02 Å². The third kappa shape index (κ3) is 4.66. The molecule has 1 fully saturated rings. The molecule has 2 atom stereocenters. The number of hydrogen-bond donors (Lipinski definition) is 2. The van der Waals surface area contributed by atoms with Gasteiger partial charge in [-0.1, -0.05) is 11.6 Å². The van der Waals surface area contributed by atoms with Crippen LogP contribution in [0.15, 0.2) is 18.2 Å². The summed E-state index contributed by atoms with van der Waals surface area (Å²) in [5.41, 5.74) is 0.484. The maximum absolute atomic E-state index is 13.1. The predicted molar refractivity (Wildman–Crippen MR) is 80.9 cm³/mol. The number of carbonyl (C=O) groups is 1. The Morgan fingerprint density at radius 1 is 1.62 bits per heavy atom. The van der Waals surface area contributed by atoms with E-state index in [2.05, 4.69) is 10.2 Å². The quantitative estimate of drug-likeness (QED) is 0.878. The van der Waals surface area contributed by atoms with E-state index in [-0.39, 0.29) is 29.6 Å². The van der Waals surface area contributed by atoms with Crippen LogP contribution >= 0.6 is 11.6 Å². The molecule has 6 heteroatoms. The molecule has 0 bridgehead atoms. The zero-order chi connectivity index (χ0) is 15.4. The zero-order valence-electron chi connectivity index (χ0n) is 12.0. The Balaban J connectivity index is 1.90. The lowest BCUT2D eigenvalue weighted by Gasteiger charge is -2.24. The molecule has 0 spiro atoms. The number of rotatable bonds is 5. The maximum Gasteiger partial charge on any atom is 0.238 e. The summed E-state index contributed by atoms with van der Waals surface area (Å²) in [6.45, 7) is 2.89. The highest BCUT2D eigenvalue weighted by molar-refractivity contribution is 6.31. The number of benzene rings is 1. The van der Waals surface area contributed by atoms with Gasteiger partial charge in [0.05, 0.1) is 17.7 Å². The van der Waals surface area contributed by atoms with E-state index in [9.17, 15) is 14.3 Å². The first-order chi connectivity index (χ1) is 9.95. The summed E-state index contributed by atoms with van der Waals surface area (Å²) in [7, 11) is 0. The summed E-state index contributed by atoms with van der Waals surface area (Å²) in [5, 5.41) is 12.2. The van der Waals surface area contributed by atoms with Gasteiger partial charge in [0.15, 0.2) is 0 Å². The van der Waals surface area contributed by atoms with Crippen molar-refractivity contribution in [1.82, 2.24) is 4.90 Å². The second kappa shape index (κ2) is 7.20. The number of nitrogens with zero attached hydrogens (tertiary/aromatic N) is 1. The normalized spacial score (nSPS) is 20.5. The Labute approximate surface area is 128 Å². The highest BCUT2D eigenvalue weighted by Crippen LogP contribution is 2.22. The molecular formula is C15H20ClFN2O2. The molecule has 0 aromatic heterocycles. The van der Waals surface area contributed by atoms with Gasteiger partial charge in [0.1, 0.15) is 5.82 Å². The van der Waals surface area contributed by atoms with Gasteiger partial charge in [-0.3, -0.25) is 9.69 Å². The van der Waals surface area contributed by atoms with E-state index in [4.69, 9.17) is 11.6 Å². The number of anilines is 1.